The first kappa shape index (κ1) is 14.1. The fraction of sp³-hybridized carbons (Fsp3) is 0.417. The van der Waals surface area contributed by atoms with Crippen molar-refractivity contribution in [2.45, 2.75) is 20.3 Å². The van der Waals surface area contributed by atoms with Crippen LogP contribution in [0.5, 0.6) is 0 Å². The van der Waals surface area contributed by atoms with Crippen molar-refractivity contribution >= 4 is 27.5 Å². The van der Waals surface area contributed by atoms with Crippen LogP contribution in [0.4, 0.5) is 10.1 Å². The van der Waals surface area contributed by atoms with Gasteiger partial charge in [-0.25, -0.2) is 4.39 Å². The van der Waals surface area contributed by atoms with Gasteiger partial charge in [0.15, 0.2) is 0 Å². The number of carbonyl (C=O) groups excluding carboxylic acids is 1. The Hall–Kier alpha value is -0.940. The molecule has 0 saturated carbocycles. The highest BCUT2D eigenvalue weighted by molar-refractivity contribution is 9.10. The van der Waals surface area contributed by atoms with Gasteiger partial charge in [-0.1, -0.05) is 29.8 Å². The van der Waals surface area contributed by atoms with E-state index in [9.17, 15) is 9.18 Å². The second kappa shape index (κ2) is 5.60. The first-order chi connectivity index (χ1) is 7.86. The van der Waals surface area contributed by atoms with Crippen LogP contribution in [0.15, 0.2) is 22.7 Å². The summed E-state index contributed by atoms with van der Waals surface area (Å²) in [7, 11) is 0. The number of nitrogens with two attached hydrogens (primary N) is 1. The van der Waals surface area contributed by atoms with Gasteiger partial charge in [0.2, 0.25) is 5.91 Å². The fourth-order valence-corrected chi connectivity index (χ4v) is 1.72. The molecule has 94 valence electrons. The molecule has 0 saturated heterocycles. The van der Waals surface area contributed by atoms with Gasteiger partial charge in [0, 0.05) is 9.89 Å². The quantitative estimate of drug-likeness (QED) is 0.898. The molecule has 0 fully saturated rings. The zero-order valence-corrected chi connectivity index (χ0v) is 11.5. The lowest BCUT2D eigenvalue weighted by atomic mass is 9.88. The first-order valence-corrected chi connectivity index (χ1v) is 6.12. The van der Waals surface area contributed by atoms with Crippen molar-refractivity contribution in [2.24, 2.45) is 11.1 Å². The van der Waals surface area contributed by atoms with Crippen LogP contribution in [-0.4, -0.2) is 12.5 Å². The average Bonchev–Trinajstić information content (AvgIpc) is 2.23. The lowest BCUT2D eigenvalue weighted by Gasteiger charge is -2.22. The lowest BCUT2D eigenvalue weighted by Crippen LogP contribution is -2.33. The molecule has 0 bridgehead atoms. The molecule has 0 aromatic heterocycles. The van der Waals surface area contributed by atoms with Crippen molar-refractivity contribution in [3.05, 3.63) is 28.5 Å². The molecule has 0 radical (unpaired) electrons. The third-order valence-electron chi connectivity index (χ3n) is 2.56. The minimum atomic E-state index is -0.608. The Morgan fingerprint density at radius 2 is 2.18 bits per heavy atom. The predicted octanol–water partition coefficient (Wildman–Crippen LogP) is 2.90. The molecule has 1 aromatic carbocycles. The summed E-state index contributed by atoms with van der Waals surface area (Å²) in [6.07, 6.45) is 0.550. The Bertz CT molecular complexity index is 421. The summed E-state index contributed by atoms with van der Waals surface area (Å²) in [4.78, 5) is 11.9. The van der Waals surface area contributed by atoms with Crippen molar-refractivity contribution in [3.63, 3.8) is 0 Å². The number of nitrogens with one attached hydrogen (secondary N) is 1. The van der Waals surface area contributed by atoms with Gasteiger partial charge in [-0.3, -0.25) is 4.79 Å². The van der Waals surface area contributed by atoms with Gasteiger partial charge < -0.3 is 11.1 Å². The van der Waals surface area contributed by atoms with Crippen molar-refractivity contribution < 1.29 is 9.18 Å². The monoisotopic (exact) mass is 302 g/mol. The smallest absolute Gasteiger partial charge is 0.230 e. The molecule has 1 amide bonds. The van der Waals surface area contributed by atoms with E-state index in [1.165, 1.54) is 12.1 Å². The van der Waals surface area contributed by atoms with Crippen LogP contribution in [0.2, 0.25) is 0 Å². The van der Waals surface area contributed by atoms with E-state index in [1.807, 2.05) is 0 Å². The predicted molar refractivity (Wildman–Crippen MR) is 70.2 cm³/mol. The number of benzene rings is 1. The van der Waals surface area contributed by atoms with Crippen molar-refractivity contribution in [1.82, 2.24) is 0 Å². The molecule has 0 spiro atoms. The molecule has 3 nitrogen and oxygen atoms in total. The van der Waals surface area contributed by atoms with E-state index in [-0.39, 0.29) is 11.6 Å². The molecule has 0 aliphatic rings. The summed E-state index contributed by atoms with van der Waals surface area (Å²) in [5, 5.41) is 2.58. The number of hydrogen-bond donors (Lipinski definition) is 2. The Morgan fingerprint density at radius 1 is 1.53 bits per heavy atom. The number of hydrogen-bond acceptors (Lipinski definition) is 2. The van der Waals surface area contributed by atoms with E-state index >= 15 is 0 Å². The molecule has 5 heteroatoms. The molecule has 0 aliphatic heterocycles. The number of halogens is 2. The Morgan fingerprint density at radius 3 is 2.76 bits per heavy atom. The molecule has 1 aromatic rings. The maximum atomic E-state index is 13.4. The Labute approximate surface area is 109 Å². The van der Waals surface area contributed by atoms with Gasteiger partial charge in [0.05, 0.1) is 5.69 Å². The van der Waals surface area contributed by atoms with Gasteiger partial charge in [0.1, 0.15) is 5.82 Å². The van der Waals surface area contributed by atoms with Gasteiger partial charge in [-0.15, -0.1) is 0 Å². The van der Waals surface area contributed by atoms with Crippen LogP contribution in [0.1, 0.15) is 20.3 Å². The third-order valence-corrected chi connectivity index (χ3v) is 3.05. The van der Waals surface area contributed by atoms with Crippen LogP contribution in [-0.2, 0) is 4.79 Å². The summed E-state index contributed by atoms with van der Waals surface area (Å²) in [5.74, 6) is -0.690. The average molecular weight is 303 g/mol. The number of rotatable bonds is 4. The van der Waals surface area contributed by atoms with Gasteiger partial charge >= 0.3 is 0 Å². The molecular weight excluding hydrogens is 287 g/mol. The Balaban J connectivity index is 2.84. The van der Waals surface area contributed by atoms with Crippen LogP contribution in [0, 0.1) is 11.2 Å². The maximum Gasteiger partial charge on any atom is 0.230 e. The highest BCUT2D eigenvalue weighted by atomic mass is 79.9. The van der Waals surface area contributed by atoms with Crippen LogP contribution in [0.3, 0.4) is 0 Å². The van der Waals surface area contributed by atoms with Crippen LogP contribution >= 0.6 is 15.9 Å². The molecule has 3 N–H and O–H groups in total. The zero-order chi connectivity index (χ0) is 13.1. The van der Waals surface area contributed by atoms with Crippen molar-refractivity contribution in [2.75, 3.05) is 11.9 Å². The third kappa shape index (κ3) is 3.78. The summed E-state index contributed by atoms with van der Waals surface area (Å²) in [6, 6.07) is 4.41. The van der Waals surface area contributed by atoms with Crippen LogP contribution in [0.25, 0.3) is 0 Å². The molecule has 0 unspecified atom stereocenters. The molecule has 0 atom stereocenters. The molecular formula is C12H16BrFN2O. The van der Waals surface area contributed by atoms with E-state index in [4.69, 9.17) is 5.73 Å². The number of amides is 1. The molecule has 17 heavy (non-hydrogen) atoms. The highest BCUT2D eigenvalue weighted by Crippen LogP contribution is 2.25. The summed E-state index contributed by atoms with van der Waals surface area (Å²) in [5.41, 5.74) is 5.01. The molecule has 0 aliphatic carbocycles. The van der Waals surface area contributed by atoms with E-state index in [2.05, 4.69) is 21.2 Å². The van der Waals surface area contributed by atoms with E-state index < -0.39 is 11.2 Å². The van der Waals surface area contributed by atoms with E-state index in [0.29, 0.717) is 17.4 Å². The van der Waals surface area contributed by atoms with E-state index in [0.717, 1.165) is 0 Å². The topological polar surface area (TPSA) is 55.1 Å². The fourth-order valence-electron chi connectivity index (χ4n) is 1.36. The largest absolute Gasteiger partial charge is 0.330 e. The highest BCUT2D eigenvalue weighted by Gasteiger charge is 2.27. The molecule has 1 rings (SSSR count). The van der Waals surface area contributed by atoms with Gasteiger partial charge in [-0.2, -0.15) is 0 Å². The lowest BCUT2D eigenvalue weighted by molar-refractivity contribution is -0.124. The number of carbonyl (C=O) groups is 1. The standard InChI is InChI=1S/C12H16BrFN2O/c1-12(2,5-6-15)11(17)16-10-7-8(13)3-4-9(10)14/h3-4,7H,5-6,15H2,1-2H3,(H,16,17). The SMILES string of the molecule is CC(C)(CCN)C(=O)Nc1cc(Br)ccc1F. The van der Waals surface area contributed by atoms with Crippen molar-refractivity contribution in [1.29, 1.82) is 0 Å². The summed E-state index contributed by atoms with van der Waals surface area (Å²) < 4.78 is 14.2. The van der Waals surface area contributed by atoms with Crippen molar-refractivity contribution in [3.8, 4) is 0 Å². The minimum absolute atomic E-state index is 0.175. The normalized spacial score (nSPS) is 11.4. The first-order valence-electron chi connectivity index (χ1n) is 5.33. The number of anilines is 1. The Kier molecular flexibility index (Phi) is 4.65. The van der Waals surface area contributed by atoms with Crippen LogP contribution < -0.4 is 11.1 Å². The second-order valence-electron chi connectivity index (χ2n) is 4.50. The van der Waals surface area contributed by atoms with Gasteiger partial charge in [0.25, 0.3) is 0 Å². The maximum absolute atomic E-state index is 13.4. The van der Waals surface area contributed by atoms with E-state index in [1.54, 1.807) is 19.9 Å². The molecule has 0 heterocycles. The summed E-state index contributed by atoms with van der Waals surface area (Å²) >= 11 is 3.23. The second-order valence-corrected chi connectivity index (χ2v) is 5.42. The minimum Gasteiger partial charge on any atom is -0.330 e. The zero-order valence-electron chi connectivity index (χ0n) is 9.89. The summed E-state index contributed by atoms with van der Waals surface area (Å²) in [6.45, 7) is 3.98. The van der Waals surface area contributed by atoms with Gasteiger partial charge in [-0.05, 0) is 31.2 Å².